The molecule has 0 aliphatic carbocycles. The van der Waals surface area contributed by atoms with Gasteiger partial charge in [0, 0.05) is 0 Å². The number of hydrogen-bond donors (Lipinski definition) is 3. The van der Waals surface area contributed by atoms with Crippen LogP contribution in [0.5, 0.6) is 5.88 Å². The van der Waals surface area contributed by atoms with Crippen LogP contribution in [-0.4, -0.2) is 24.7 Å². The highest BCUT2D eigenvalue weighted by Crippen LogP contribution is 2.16. The monoisotopic (exact) mass is 179 g/mol. The van der Waals surface area contributed by atoms with E-state index < -0.39 is 26.5 Å². The van der Waals surface area contributed by atoms with Gasteiger partial charge in [-0.15, -0.1) is 0 Å². The van der Waals surface area contributed by atoms with E-state index in [1.54, 1.807) is 4.98 Å². The number of aromatic amines is 1. The molecule has 11 heavy (non-hydrogen) atoms. The molecule has 0 amide bonds. The highest BCUT2D eigenvalue weighted by atomic mass is 32.2. The smallest absolute Gasteiger partial charge is 0.420 e. The summed E-state index contributed by atoms with van der Waals surface area (Å²) in [5, 5.41) is 8.00. The second kappa shape index (κ2) is 2.14. The molecule has 1 aromatic heterocycles. The van der Waals surface area contributed by atoms with Gasteiger partial charge in [0.1, 0.15) is 9.80 Å². The fourth-order valence-electron chi connectivity index (χ4n) is 0.522. The number of aromatic nitrogens is 1. The first-order chi connectivity index (χ1) is 4.91. The second-order valence-electron chi connectivity index (χ2n) is 1.79. The first-order valence-corrected chi connectivity index (χ1v) is 4.11. The molecule has 1 aromatic rings. The lowest BCUT2D eigenvalue weighted by atomic mass is 10.9. The van der Waals surface area contributed by atoms with Crippen LogP contribution in [0.2, 0.25) is 0 Å². The van der Waals surface area contributed by atoms with Crippen molar-refractivity contribution in [2.75, 3.05) is 0 Å². The predicted octanol–water partition coefficient (Wildman–Crippen LogP) is -0.778. The molecule has 0 aromatic carbocycles. The zero-order valence-electron chi connectivity index (χ0n) is 5.23. The van der Waals surface area contributed by atoms with Crippen molar-refractivity contribution in [2.24, 2.45) is 0 Å². The molecule has 1 unspecified atom stereocenters. The van der Waals surface area contributed by atoms with Crippen LogP contribution in [0, 0.1) is 0 Å². The topological polar surface area (TPSA) is 104 Å². The number of aromatic hydroxyl groups is 1. The van der Waals surface area contributed by atoms with Gasteiger partial charge in [-0.2, -0.15) is 0 Å². The summed E-state index contributed by atoms with van der Waals surface area (Å²) in [5.41, 5.74) is 0. The van der Waals surface area contributed by atoms with Crippen molar-refractivity contribution in [1.82, 2.24) is 4.98 Å². The highest BCUT2D eigenvalue weighted by Gasteiger charge is 2.15. The van der Waals surface area contributed by atoms with Crippen LogP contribution in [0.4, 0.5) is 0 Å². The third-order valence-electron chi connectivity index (χ3n) is 0.889. The Morgan fingerprint density at radius 3 is 2.36 bits per heavy atom. The molecule has 1 rings (SSSR count). The fourth-order valence-corrected chi connectivity index (χ4v) is 1.08. The molecule has 0 aliphatic rings. The van der Waals surface area contributed by atoms with Crippen LogP contribution in [0.3, 0.4) is 0 Å². The summed E-state index contributed by atoms with van der Waals surface area (Å²) in [5.74, 6) is 1.02. The van der Waals surface area contributed by atoms with Gasteiger partial charge in [-0.1, -0.05) is 0 Å². The van der Waals surface area contributed by atoms with Crippen molar-refractivity contribution in [3.63, 3.8) is 0 Å². The van der Waals surface area contributed by atoms with Crippen molar-refractivity contribution < 1.29 is 18.3 Å². The van der Waals surface area contributed by atoms with Gasteiger partial charge in [0.15, 0.2) is 0 Å². The van der Waals surface area contributed by atoms with E-state index in [4.69, 9.17) is 9.66 Å². The molecule has 0 aliphatic heterocycles. The van der Waals surface area contributed by atoms with Gasteiger partial charge in [0.05, 0.1) is 0 Å². The van der Waals surface area contributed by atoms with Crippen LogP contribution in [0.1, 0.15) is 0 Å². The average molecular weight is 179 g/mol. The van der Waals surface area contributed by atoms with Crippen LogP contribution < -0.4 is 5.76 Å². The van der Waals surface area contributed by atoms with Crippen molar-refractivity contribution >= 4 is 15.7 Å². The summed E-state index contributed by atoms with van der Waals surface area (Å²) in [6.07, 6.45) is 0. The van der Waals surface area contributed by atoms with Gasteiger partial charge in [0.2, 0.25) is 5.88 Å². The van der Waals surface area contributed by atoms with E-state index >= 15 is 0 Å². The molecule has 0 spiro atoms. The summed E-state index contributed by atoms with van der Waals surface area (Å²) in [7, 11) is -3.66. The summed E-state index contributed by atoms with van der Waals surface area (Å²) in [6.45, 7) is 0. The summed E-state index contributed by atoms with van der Waals surface area (Å²) in [4.78, 5) is 12.1. The minimum absolute atomic E-state index is 0.734. The lowest BCUT2D eigenvalue weighted by molar-refractivity contribution is 0.372. The van der Waals surface area contributed by atoms with E-state index in [9.17, 15) is 9.00 Å². The van der Waals surface area contributed by atoms with Crippen LogP contribution in [-0.2, 0) is 9.80 Å². The summed E-state index contributed by atoms with van der Waals surface area (Å²) < 4.78 is 23.5. The number of oxazole rings is 1. The standard InChI is InChI=1S/C4H5NO5S/c1-11(8,9)3-2(6)5-4(7)10-3/h6H,1H2,(H,5,7)(H,8,9). The van der Waals surface area contributed by atoms with Crippen LogP contribution >= 0.6 is 0 Å². The highest BCUT2D eigenvalue weighted by molar-refractivity contribution is 7.95. The van der Waals surface area contributed by atoms with E-state index in [1.807, 2.05) is 0 Å². The van der Waals surface area contributed by atoms with E-state index in [0.29, 0.717) is 0 Å². The zero-order chi connectivity index (χ0) is 8.65. The number of hydrogen-bond acceptors (Lipinski definition) is 4. The molecule has 1 heterocycles. The maximum Gasteiger partial charge on any atom is 0.420 e. The Bertz CT molecular complexity index is 410. The average Bonchev–Trinajstić information content (AvgIpc) is 2.08. The maximum atomic E-state index is 10.7. The van der Waals surface area contributed by atoms with Crippen molar-refractivity contribution in [3.05, 3.63) is 10.6 Å². The second-order valence-corrected chi connectivity index (χ2v) is 3.44. The third-order valence-corrected chi connectivity index (χ3v) is 1.74. The number of nitrogens with one attached hydrogen (secondary N) is 1. The molecule has 0 bridgehead atoms. The van der Waals surface area contributed by atoms with Crippen molar-refractivity contribution in [2.45, 2.75) is 5.09 Å². The molecule has 0 radical (unpaired) electrons. The van der Waals surface area contributed by atoms with Crippen molar-refractivity contribution in [3.8, 4) is 5.88 Å². The van der Waals surface area contributed by atoms with Gasteiger partial charge in [-0.05, 0) is 5.87 Å². The molecule has 0 saturated heterocycles. The summed E-state index contributed by atoms with van der Waals surface area (Å²) >= 11 is 0. The first kappa shape index (κ1) is 7.89. The third kappa shape index (κ3) is 1.44. The molecular formula is C4H5NO5S. The van der Waals surface area contributed by atoms with Gasteiger partial charge in [0.25, 0.3) is 5.09 Å². The van der Waals surface area contributed by atoms with Gasteiger partial charge in [-0.25, -0.2) is 9.00 Å². The van der Waals surface area contributed by atoms with Crippen LogP contribution in [0.15, 0.2) is 14.3 Å². The number of rotatable bonds is 1. The molecule has 62 valence electrons. The van der Waals surface area contributed by atoms with E-state index in [2.05, 4.69) is 10.3 Å². The van der Waals surface area contributed by atoms with Crippen molar-refractivity contribution in [1.29, 1.82) is 0 Å². The Morgan fingerprint density at radius 1 is 1.64 bits per heavy atom. The van der Waals surface area contributed by atoms with E-state index in [0.717, 1.165) is 0 Å². The Morgan fingerprint density at radius 2 is 2.18 bits per heavy atom. The normalized spacial score (nSPS) is 16.1. The van der Waals surface area contributed by atoms with E-state index in [-0.39, 0.29) is 0 Å². The molecule has 0 saturated carbocycles. The van der Waals surface area contributed by atoms with Gasteiger partial charge < -0.3 is 14.1 Å². The molecule has 6 nitrogen and oxygen atoms in total. The minimum atomic E-state index is -3.66. The zero-order valence-corrected chi connectivity index (χ0v) is 6.05. The lowest BCUT2D eigenvalue weighted by Crippen LogP contribution is -1.97. The van der Waals surface area contributed by atoms with Crippen LogP contribution in [0.25, 0.3) is 0 Å². The lowest BCUT2D eigenvalue weighted by Gasteiger charge is -1.92. The Hall–Kier alpha value is -1.21. The SMILES string of the molecule is C=S(=O)(O)c1oc(=O)[nH]c1O. The molecular weight excluding hydrogens is 174 g/mol. The van der Waals surface area contributed by atoms with E-state index in [1.165, 1.54) is 0 Å². The largest absolute Gasteiger partial charge is 0.491 e. The number of H-pyrrole nitrogens is 1. The predicted molar refractivity (Wildman–Crippen MR) is 37.2 cm³/mol. The Balaban J connectivity index is 3.48. The van der Waals surface area contributed by atoms with Gasteiger partial charge in [-0.3, -0.25) is 4.98 Å². The summed E-state index contributed by atoms with van der Waals surface area (Å²) in [6, 6.07) is 0. The quantitative estimate of drug-likeness (QED) is 0.491. The Kier molecular flexibility index (Phi) is 1.53. The fraction of sp³-hybridized carbons (Fsp3) is 0. The maximum absolute atomic E-state index is 10.7. The molecule has 7 heteroatoms. The molecule has 0 fully saturated rings. The minimum Gasteiger partial charge on any atom is -0.491 e. The molecule has 3 N–H and O–H groups in total. The first-order valence-electron chi connectivity index (χ1n) is 2.43. The molecule has 1 atom stereocenters. The van der Waals surface area contributed by atoms with Gasteiger partial charge >= 0.3 is 5.76 Å². The Labute approximate surface area is 61.3 Å².